The molecule has 0 bridgehead atoms. The van der Waals surface area contributed by atoms with Crippen LogP contribution in [0, 0.1) is 17.8 Å². The Labute approximate surface area is 131 Å². The van der Waals surface area contributed by atoms with E-state index in [1.165, 1.54) is 0 Å². The number of hydrogen-bond acceptors (Lipinski definition) is 5. The molecule has 0 aromatic carbocycles. The van der Waals surface area contributed by atoms with Crippen LogP contribution in [-0.2, 0) is 9.59 Å². The molecule has 1 aliphatic heterocycles. The van der Waals surface area contributed by atoms with Crippen molar-refractivity contribution in [2.24, 2.45) is 23.5 Å². The van der Waals surface area contributed by atoms with Crippen LogP contribution in [0.3, 0.4) is 0 Å². The second-order valence-electron chi connectivity index (χ2n) is 6.60. The van der Waals surface area contributed by atoms with Crippen molar-refractivity contribution >= 4 is 19.0 Å². The highest BCUT2D eigenvalue weighted by Crippen LogP contribution is 2.29. The Morgan fingerprint density at radius 1 is 1.32 bits per heavy atom. The third kappa shape index (κ3) is 5.59. The Morgan fingerprint density at radius 2 is 1.95 bits per heavy atom. The van der Waals surface area contributed by atoms with Gasteiger partial charge in [0.1, 0.15) is 0 Å². The Bertz CT molecular complexity index is 391. The summed E-state index contributed by atoms with van der Waals surface area (Å²) in [5, 5.41) is 27.0. The van der Waals surface area contributed by atoms with E-state index in [-0.39, 0.29) is 24.7 Å². The monoisotopic (exact) mass is 314 g/mol. The van der Waals surface area contributed by atoms with Gasteiger partial charge in [-0.3, -0.25) is 9.59 Å². The second kappa shape index (κ2) is 8.50. The minimum Gasteiger partial charge on any atom is -0.481 e. The van der Waals surface area contributed by atoms with E-state index in [0.717, 1.165) is 0 Å². The van der Waals surface area contributed by atoms with Crippen molar-refractivity contribution < 1.29 is 24.7 Å². The number of carbonyl (C=O) groups excluding carboxylic acids is 1. The van der Waals surface area contributed by atoms with E-state index in [4.69, 9.17) is 15.8 Å². The minimum atomic E-state index is -1.37. The predicted molar refractivity (Wildman–Crippen MR) is 82.9 cm³/mol. The normalized spacial score (nSPS) is 22.9. The van der Waals surface area contributed by atoms with Gasteiger partial charge >= 0.3 is 13.1 Å². The lowest BCUT2D eigenvalue weighted by Gasteiger charge is -2.22. The smallest absolute Gasteiger partial charge is 0.451 e. The highest BCUT2D eigenvalue weighted by molar-refractivity contribution is 6.40. The fourth-order valence-corrected chi connectivity index (χ4v) is 3.03. The second-order valence-corrected chi connectivity index (χ2v) is 6.60. The van der Waals surface area contributed by atoms with Crippen molar-refractivity contribution in [2.45, 2.75) is 45.5 Å². The molecule has 0 spiro atoms. The third-order valence-corrected chi connectivity index (χ3v) is 4.15. The molecular formula is C14H27BN2O5. The van der Waals surface area contributed by atoms with Crippen molar-refractivity contribution in [3.05, 3.63) is 0 Å². The van der Waals surface area contributed by atoms with E-state index in [1.54, 1.807) is 4.90 Å². The summed E-state index contributed by atoms with van der Waals surface area (Å²) in [7, 11) is -1.37. The maximum Gasteiger partial charge on any atom is 0.451 e. The summed E-state index contributed by atoms with van der Waals surface area (Å²) in [6, 6.07) is -0.590. The number of aliphatic carboxylic acids is 1. The molecule has 0 aromatic heterocycles. The molecule has 1 aliphatic rings. The van der Waals surface area contributed by atoms with Crippen LogP contribution in [0.2, 0.25) is 6.32 Å². The lowest BCUT2D eigenvalue weighted by Crippen LogP contribution is -2.43. The fraction of sp³-hybridized carbons (Fsp3) is 0.857. The van der Waals surface area contributed by atoms with Gasteiger partial charge in [0.05, 0.1) is 12.0 Å². The zero-order chi connectivity index (χ0) is 16.9. The van der Waals surface area contributed by atoms with Crippen LogP contribution < -0.4 is 5.73 Å². The van der Waals surface area contributed by atoms with Crippen LogP contribution in [0.4, 0.5) is 0 Å². The third-order valence-electron chi connectivity index (χ3n) is 4.15. The summed E-state index contributed by atoms with van der Waals surface area (Å²) < 4.78 is 0. The molecule has 1 heterocycles. The van der Waals surface area contributed by atoms with Crippen molar-refractivity contribution in [1.29, 1.82) is 0 Å². The van der Waals surface area contributed by atoms with Crippen LogP contribution in [0.15, 0.2) is 0 Å². The van der Waals surface area contributed by atoms with Crippen LogP contribution >= 0.6 is 0 Å². The number of nitrogens with zero attached hydrogens (tertiary/aromatic N) is 1. The topological polar surface area (TPSA) is 124 Å². The van der Waals surface area contributed by atoms with Crippen LogP contribution in [0.1, 0.15) is 33.1 Å². The molecule has 8 heteroatoms. The molecular weight excluding hydrogens is 287 g/mol. The number of amides is 1. The van der Waals surface area contributed by atoms with E-state index in [0.29, 0.717) is 31.7 Å². The molecule has 5 N–H and O–H groups in total. The number of nitrogens with two attached hydrogens (primary N) is 1. The summed E-state index contributed by atoms with van der Waals surface area (Å²) in [5.41, 5.74) is 5.90. The molecule has 1 unspecified atom stereocenters. The number of rotatable bonds is 8. The van der Waals surface area contributed by atoms with Gasteiger partial charge in [0.25, 0.3) is 0 Å². The number of carboxylic acid groups (broad SMARTS) is 1. The fourth-order valence-electron chi connectivity index (χ4n) is 3.03. The van der Waals surface area contributed by atoms with E-state index in [1.807, 2.05) is 13.8 Å². The predicted octanol–water partition coefficient (Wildman–Crippen LogP) is -0.228. The van der Waals surface area contributed by atoms with E-state index >= 15 is 0 Å². The first kappa shape index (κ1) is 18.9. The standard InChI is InChI=1S/C14H27BN2O5/c1-9(2)6-12(16)13(18)17-7-10(4-3-5-15(21)22)11(8-17)14(19)20/h9-12,21-22H,3-8,16H2,1-2H3,(H,19,20)/t10-,11+,12?/m0/s1. The molecule has 1 amide bonds. The molecule has 126 valence electrons. The maximum absolute atomic E-state index is 12.3. The van der Waals surface area contributed by atoms with Gasteiger partial charge in [-0.15, -0.1) is 0 Å². The Hall–Kier alpha value is -1.12. The first-order chi connectivity index (χ1) is 10.2. The van der Waals surface area contributed by atoms with Gasteiger partial charge in [0.15, 0.2) is 0 Å². The number of likely N-dealkylation sites (tertiary alicyclic amines) is 1. The van der Waals surface area contributed by atoms with E-state index < -0.39 is 25.0 Å². The molecule has 0 aliphatic carbocycles. The minimum absolute atomic E-state index is 0.161. The first-order valence-corrected chi connectivity index (χ1v) is 7.85. The van der Waals surface area contributed by atoms with Crippen molar-refractivity contribution in [2.75, 3.05) is 13.1 Å². The van der Waals surface area contributed by atoms with Gasteiger partial charge in [-0.05, 0) is 31.0 Å². The maximum atomic E-state index is 12.3. The number of carboxylic acids is 1. The van der Waals surface area contributed by atoms with Crippen LogP contribution in [0.25, 0.3) is 0 Å². The average molecular weight is 314 g/mol. The molecule has 7 nitrogen and oxygen atoms in total. The highest BCUT2D eigenvalue weighted by Gasteiger charge is 2.40. The van der Waals surface area contributed by atoms with Crippen LogP contribution in [0.5, 0.6) is 0 Å². The Kier molecular flexibility index (Phi) is 7.31. The Balaban J connectivity index is 2.61. The first-order valence-electron chi connectivity index (χ1n) is 7.85. The largest absolute Gasteiger partial charge is 0.481 e. The molecule has 0 saturated carbocycles. The van der Waals surface area contributed by atoms with Crippen molar-refractivity contribution in [3.8, 4) is 0 Å². The molecule has 0 radical (unpaired) electrons. The van der Waals surface area contributed by atoms with Crippen molar-refractivity contribution in [1.82, 2.24) is 4.90 Å². The van der Waals surface area contributed by atoms with Gasteiger partial charge in [0.2, 0.25) is 5.91 Å². The summed E-state index contributed by atoms with van der Waals surface area (Å²) in [5.74, 6) is -1.57. The molecule has 3 atom stereocenters. The molecule has 22 heavy (non-hydrogen) atoms. The SMILES string of the molecule is CC(C)CC(N)C(=O)N1C[C@H](CCCB(O)O)[C@H](C(=O)O)C1. The lowest BCUT2D eigenvalue weighted by atomic mass is 9.80. The highest BCUT2D eigenvalue weighted by atomic mass is 16.4. The van der Waals surface area contributed by atoms with E-state index in [9.17, 15) is 14.7 Å². The van der Waals surface area contributed by atoms with Gasteiger partial charge < -0.3 is 25.8 Å². The molecule has 1 fully saturated rings. The summed E-state index contributed by atoms with van der Waals surface area (Å²) >= 11 is 0. The lowest BCUT2D eigenvalue weighted by molar-refractivity contribution is -0.142. The van der Waals surface area contributed by atoms with Crippen LogP contribution in [-0.4, -0.2) is 58.2 Å². The van der Waals surface area contributed by atoms with Gasteiger partial charge in [0, 0.05) is 13.1 Å². The summed E-state index contributed by atoms with van der Waals surface area (Å²) in [4.78, 5) is 25.2. The summed E-state index contributed by atoms with van der Waals surface area (Å²) in [6.07, 6.45) is 1.86. The Morgan fingerprint density at radius 3 is 2.45 bits per heavy atom. The number of carbonyl (C=O) groups is 2. The zero-order valence-corrected chi connectivity index (χ0v) is 13.3. The van der Waals surface area contributed by atoms with Gasteiger partial charge in [-0.2, -0.15) is 0 Å². The molecule has 1 saturated heterocycles. The quantitative estimate of drug-likeness (QED) is 0.459. The zero-order valence-electron chi connectivity index (χ0n) is 13.3. The molecule has 1 rings (SSSR count). The number of hydrogen-bond donors (Lipinski definition) is 4. The van der Waals surface area contributed by atoms with Gasteiger partial charge in [-0.1, -0.05) is 20.3 Å². The van der Waals surface area contributed by atoms with Crippen molar-refractivity contribution in [3.63, 3.8) is 0 Å². The van der Waals surface area contributed by atoms with Gasteiger partial charge in [-0.25, -0.2) is 0 Å². The van der Waals surface area contributed by atoms with E-state index in [2.05, 4.69) is 0 Å². The molecule has 0 aromatic rings. The summed E-state index contributed by atoms with van der Waals surface area (Å²) in [6.45, 7) is 4.54. The average Bonchev–Trinajstić information content (AvgIpc) is 2.80.